The highest BCUT2D eigenvalue weighted by molar-refractivity contribution is 6.04. The fraction of sp³-hybridized carbons (Fsp3) is 0.174. The van der Waals surface area contributed by atoms with Gasteiger partial charge in [-0.05, 0) is 61.2 Å². The lowest BCUT2D eigenvalue weighted by Gasteiger charge is -2.11. The Morgan fingerprint density at radius 1 is 1.17 bits per heavy atom. The molecule has 7 heteroatoms. The Balaban J connectivity index is 1.61. The van der Waals surface area contributed by atoms with Crippen molar-refractivity contribution in [2.45, 2.75) is 19.8 Å². The number of aryl methyl sites for hydroxylation is 2. The number of methoxy groups -OCH3 is 1. The Labute approximate surface area is 173 Å². The van der Waals surface area contributed by atoms with Crippen LogP contribution < -0.4 is 10.1 Å². The van der Waals surface area contributed by atoms with Gasteiger partial charge in [-0.2, -0.15) is 0 Å². The van der Waals surface area contributed by atoms with Gasteiger partial charge in [0.15, 0.2) is 5.65 Å². The average Bonchev–Trinajstić information content (AvgIpc) is 3.35. The SMILES string of the molecule is COc1ccc(-c2nc3cnccn3c2Nc2ccc3c(c2)CC/C3=N/O)cc1C. The van der Waals surface area contributed by atoms with Crippen LogP contribution >= 0.6 is 0 Å². The van der Waals surface area contributed by atoms with E-state index in [1.54, 1.807) is 19.5 Å². The van der Waals surface area contributed by atoms with Crippen LogP contribution in [-0.2, 0) is 6.42 Å². The molecule has 0 aliphatic heterocycles. The minimum absolute atomic E-state index is 0.742. The number of hydrogen-bond acceptors (Lipinski definition) is 6. The van der Waals surface area contributed by atoms with E-state index in [-0.39, 0.29) is 0 Å². The summed E-state index contributed by atoms with van der Waals surface area (Å²) < 4.78 is 7.40. The molecule has 2 aromatic heterocycles. The summed E-state index contributed by atoms with van der Waals surface area (Å²) in [5, 5.41) is 16.1. The van der Waals surface area contributed by atoms with Gasteiger partial charge in [0.05, 0.1) is 19.0 Å². The molecule has 0 saturated heterocycles. The Bertz CT molecular complexity index is 1290. The molecule has 2 aromatic carbocycles. The molecule has 2 heterocycles. The van der Waals surface area contributed by atoms with Crippen LogP contribution in [0.15, 0.2) is 60.1 Å². The van der Waals surface area contributed by atoms with E-state index in [0.717, 1.165) is 63.8 Å². The lowest BCUT2D eigenvalue weighted by molar-refractivity contribution is 0.318. The number of hydrogen-bond donors (Lipinski definition) is 2. The number of fused-ring (bicyclic) bond motifs is 2. The summed E-state index contributed by atoms with van der Waals surface area (Å²) in [4.78, 5) is 9.03. The van der Waals surface area contributed by atoms with Gasteiger partial charge in [0.1, 0.15) is 17.3 Å². The first-order chi connectivity index (χ1) is 14.7. The van der Waals surface area contributed by atoms with E-state index in [1.165, 1.54) is 5.56 Å². The van der Waals surface area contributed by atoms with Crippen LogP contribution in [0.25, 0.3) is 16.9 Å². The number of anilines is 2. The van der Waals surface area contributed by atoms with E-state index < -0.39 is 0 Å². The number of benzene rings is 2. The Hall–Kier alpha value is -3.87. The molecule has 0 amide bonds. The van der Waals surface area contributed by atoms with Crippen molar-refractivity contribution in [3.05, 3.63) is 71.7 Å². The summed E-state index contributed by atoms with van der Waals surface area (Å²) >= 11 is 0. The summed E-state index contributed by atoms with van der Waals surface area (Å²) in [6.45, 7) is 2.02. The summed E-state index contributed by atoms with van der Waals surface area (Å²) in [5.41, 5.74) is 7.53. The zero-order valence-corrected chi connectivity index (χ0v) is 16.8. The molecule has 7 nitrogen and oxygen atoms in total. The fourth-order valence-electron chi connectivity index (χ4n) is 4.04. The zero-order chi connectivity index (χ0) is 20.7. The molecule has 4 aromatic rings. The number of imidazole rings is 1. The van der Waals surface area contributed by atoms with Crippen LogP contribution in [0.3, 0.4) is 0 Å². The maximum absolute atomic E-state index is 9.18. The van der Waals surface area contributed by atoms with Crippen molar-refractivity contribution in [1.29, 1.82) is 0 Å². The Morgan fingerprint density at radius 3 is 2.87 bits per heavy atom. The third-order valence-corrected chi connectivity index (χ3v) is 5.53. The van der Waals surface area contributed by atoms with E-state index in [4.69, 9.17) is 9.72 Å². The number of oxime groups is 1. The van der Waals surface area contributed by atoms with Crippen molar-refractivity contribution in [3.63, 3.8) is 0 Å². The topological polar surface area (TPSA) is 84.0 Å². The van der Waals surface area contributed by atoms with Crippen molar-refractivity contribution in [3.8, 4) is 17.0 Å². The van der Waals surface area contributed by atoms with Gasteiger partial charge in [-0.1, -0.05) is 11.2 Å². The van der Waals surface area contributed by atoms with E-state index in [0.29, 0.717) is 0 Å². The molecule has 0 saturated carbocycles. The van der Waals surface area contributed by atoms with Crippen molar-refractivity contribution in [2.24, 2.45) is 5.16 Å². The predicted octanol–water partition coefficient (Wildman–Crippen LogP) is 4.58. The normalized spacial score (nSPS) is 14.3. The minimum Gasteiger partial charge on any atom is -0.496 e. The summed E-state index contributed by atoms with van der Waals surface area (Å²) in [5.74, 6) is 1.71. The first-order valence-electron chi connectivity index (χ1n) is 9.76. The summed E-state index contributed by atoms with van der Waals surface area (Å²) in [6.07, 6.45) is 7.01. The molecule has 0 radical (unpaired) electrons. The molecule has 1 aliphatic rings. The lowest BCUT2D eigenvalue weighted by Crippen LogP contribution is -1.99. The Kier molecular flexibility index (Phi) is 4.35. The lowest BCUT2D eigenvalue weighted by atomic mass is 10.1. The molecule has 0 unspecified atom stereocenters. The first kappa shape index (κ1) is 18.2. The van der Waals surface area contributed by atoms with E-state index >= 15 is 0 Å². The molecule has 0 bridgehead atoms. The molecule has 0 fully saturated rings. The average molecular weight is 399 g/mol. The maximum Gasteiger partial charge on any atom is 0.157 e. The molecule has 1 aliphatic carbocycles. The van der Waals surface area contributed by atoms with Crippen LogP contribution in [0.2, 0.25) is 0 Å². The standard InChI is InChI=1S/C23H21N5O2/c1-14-11-16(4-8-20(14)30-2)22-23(28-10-9-24-13-21(28)26-22)25-17-5-6-18-15(12-17)3-7-19(18)27-29/h4-6,8-13,25,29H,3,7H2,1-2H3/b27-19-. The third-order valence-electron chi connectivity index (χ3n) is 5.53. The van der Waals surface area contributed by atoms with Crippen molar-refractivity contribution in [1.82, 2.24) is 14.4 Å². The van der Waals surface area contributed by atoms with Gasteiger partial charge in [0.25, 0.3) is 0 Å². The fourth-order valence-corrected chi connectivity index (χ4v) is 4.04. The molecule has 0 atom stereocenters. The molecule has 2 N–H and O–H groups in total. The summed E-state index contributed by atoms with van der Waals surface area (Å²) in [6, 6.07) is 12.2. The van der Waals surface area contributed by atoms with E-state index in [2.05, 4.69) is 27.6 Å². The second-order valence-electron chi connectivity index (χ2n) is 7.34. The predicted molar refractivity (Wildman–Crippen MR) is 116 cm³/mol. The van der Waals surface area contributed by atoms with Gasteiger partial charge < -0.3 is 15.3 Å². The largest absolute Gasteiger partial charge is 0.496 e. The maximum atomic E-state index is 9.18. The Morgan fingerprint density at radius 2 is 2.07 bits per heavy atom. The molecule has 0 spiro atoms. The highest BCUT2D eigenvalue weighted by Crippen LogP contribution is 2.34. The van der Waals surface area contributed by atoms with Gasteiger partial charge >= 0.3 is 0 Å². The van der Waals surface area contributed by atoms with E-state index in [9.17, 15) is 5.21 Å². The summed E-state index contributed by atoms with van der Waals surface area (Å²) in [7, 11) is 1.67. The minimum atomic E-state index is 0.742. The quantitative estimate of drug-likeness (QED) is 0.388. The van der Waals surface area contributed by atoms with Crippen LogP contribution in [0, 0.1) is 6.92 Å². The zero-order valence-electron chi connectivity index (χ0n) is 16.8. The highest BCUT2D eigenvalue weighted by atomic mass is 16.5. The number of nitrogens with zero attached hydrogens (tertiary/aromatic N) is 4. The molecular formula is C23H21N5O2. The van der Waals surface area contributed by atoms with Crippen LogP contribution in [0.1, 0.15) is 23.1 Å². The number of ether oxygens (including phenoxy) is 1. The third kappa shape index (κ3) is 2.95. The van der Waals surface area contributed by atoms with Crippen LogP contribution in [-0.4, -0.2) is 32.4 Å². The molecule has 30 heavy (non-hydrogen) atoms. The van der Waals surface area contributed by atoms with Crippen molar-refractivity contribution >= 4 is 22.9 Å². The second-order valence-corrected chi connectivity index (χ2v) is 7.34. The molecule has 150 valence electrons. The smallest absolute Gasteiger partial charge is 0.157 e. The van der Waals surface area contributed by atoms with Crippen LogP contribution in [0.4, 0.5) is 11.5 Å². The van der Waals surface area contributed by atoms with Gasteiger partial charge in [-0.3, -0.25) is 9.38 Å². The monoisotopic (exact) mass is 399 g/mol. The second kappa shape index (κ2) is 7.18. The molecular weight excluding hydrogens is 378 g/mol. The van der Waals surface area contributed by atoms with E-state index in [1.807, 2.05) is 41.8 Å². The van der Waals surface area contributed by atoms with Gasteiger partial charge in [0, 0.05) is 29.2 Å². The van der Waals surface area contributed by atoms with Gasteiger partial charge in [-0.25, -0.2) is 4.98 Å². The van der Waals surface area contributed by atoms with Crippen molar-refractivity contribution < 1.29 is 9.94 Å². The highest BCUT2D eigenvalue weighted by Gasteiger charge is 2.20. The van der Waals surface area contributed by atoms with Crippen LogP contribution in [0.5, 0.6) is 5.75 Å². The number of rotatable bonds is 4. The first-order valence-corrected chi connectivity index (χ1v) is 9.76. The van der Waals surface area contributed by atoms with Gasteiger partial charge in [-0.15, -0.1) is 0 Å². The van der Waals surface area contributed by atoms with Crippen molar-refractivity contribution in [2.75, 3.05) is 12.4 Å². The van der Waals surface area contributed by atoms with Gasteiger partial charge in [0.2, 0.25) is 0 Å². The number of aromatic nitrogens is 3. The molecule has 5 rings (SSSR count). The number of nitrogens with one attached hydrogen (secondary N) is 1.